The summed E-state index contributed by atoms with van der Waals surface area (Å²) >= 11 is 0. The van der Waals surface area contributed by atoms with Crippen LogP contribution in [0.5, 0.6) is 0 Å². The molecule has 60 valence electrons. The second-order valence-corrected chi connectivity index (χ2v) is 3.33. The first kappa shape index (κ1) is 8.06. The number of rotatable bonds is 1. The van der Waals surface area contributed by atoms with Crippen molar-refractivity contribution in [1.29, 1.82) is 0 Å². The predicted molar refractivity (Wildman–Crippen MR) is 45.2 cm³/mol. The highest BCUT2D eigenvalue weighted by Crippen LogP contribution is 2.16. The summed E-state index contributed by atoms with van der Waals surface area (Å²) in [5.74, 6) is 0. The molecule has 0 aromatic heterocycles. The zero-order valence-corrected chi connectivity index (χ0v) is 7.03. The summed E-state index contributed by atoms with van der Waals surface area (Å²) in [5.41, 5.74) is 0. The summed E-state index contributed by atoms with van der Waals surface area (Å²) in [6, 6.07) is 0.820. The molecule has 0 aromatic rings. The van der Waals surface area contributed by atoms with Crippen LogP contribution >= 0.6 is 0 Å². The van der Waals surface area contributed by atoms with Crippen LogP contribution in [0.1, 0.15) is 44.9 Å². The molecule has 0 bridgehead atoms. The molecule has 1 saturated carbocycles. The van der Waals surface area contributed by atoms with Crippen molar-refractivity contribution in [3.63, 3.8) is 0 Å². The van der Waals surface area contributed by atoms with Gasteiger partial charge in [-0.05, 0) is 19.9 Å². The molecule has 1 fully saturated rings. The van der Waals surface area contributed by atoms with E-state index in [4.69, 9.17) is 0 Å². The van der Waals surface area contributed by atoms with Gasteiger partial charge in [0.15, 0.2) is 0 Å². The van der Waals surface area contributed by atoms with Gasteiger partial charge in [-0.2, -0.15) is 0 Å². The molecular weight excluding hydrogens is 122 g/mol. The zero-order valence-electron chi connectivity index (χ0n) is 7.03. The third kappa shape index (κ3) is 2.70. The van der Waals surface area contributed by atoms with Gasteiger partial charge in [0.2, 0.25) is 0 Å². The molecule has 1 aliphatic rings. The van der Waals surface area contributed by atoms with Gasteiger partial charge < -0.3 is 5.32 Å². The van der Waals surface area contributed by atoms with Crippen molar-refractivity contribution < 1.29 is 0 Å². The van der Waals surface area contributed by atoms with E-state index in [2.05, 4.69) is 12.4 Å². The van der Waals surface area contributed by atoms with Gasteiger partial charge in [0.05, 0.1) is 0 Å². The van der Waals surface area contributed by atoms with Crippen LogP contribution in [0.15, 0.2) is 0 Å². The molecular formula is C9H19N. The van der Waals surface area contributed by atoms with Crippen LogP contribution in [0.2, 0.25) is 0 Å². The van der Waals surface area contributed by atoms with Crippen LogP contribution in [0, 0.1) is 0 Å². The Morgan fingerprint density at radius 1 is 0.900 bits per heavy atom. The first-order chi connectivity index (χ1) is 4.93. The van der Waals surface area contributed by atoms with E-state index in [1.54, 1.807) is 0 Å². The van der Waals surface area contributed by atoms with Crippen molar-refractivity contribution in [2.75, 3.05) is 7.05 Å². The van der Waals surface area contributed by atoms with Crippen molar-refractivity contribution >= 4 is 0 Å². The number of nitrogens with one attached hydrogen (secondary N) is 1. The molecule has 0 spiro atoms. The minimum atomic E-state index is 0.820. The fourth-order valence-electron chi connectivity index (χ4n) is 1.74. The average Bonchev–Trinajstić information content (AvgIpc) is 1.87. The molecule has 0 unspecified atom stereocenters. The Morgan fingerprint density at radius 2 is 1.40 bits per heavy atom. The Hall–Kier alpha value is -0.0400. The predicted octanol–water partition coefficient (Wildman–Crippen LogP) is 2.32. The Bertz CT molecular complexity index is 72.8. The quantitative estimate of drug-likeness (QED) is 0.591. The van der Waals surface area contributed by atoms with Gasteiger partial charge >= 0.3 is 0 Å². The van der Waals surface area contributed by atoms with E-state index in [1.807, 2.05) is 0 Å². The highest BCUT2D eigenvalue weighted by molar-refractivity contribution is 4.66. The van der Waals surface area contributed by atoms with Crippen molar-refractivity contribution in [3.05, 3.63) is 0 Å². The fraction of sp³-hybridized carbons (Fsp3) is 1.00. The fourth-order valence-corrected chi connectivity index (χ4v) is 1.74. The zero-order chi connectivity index (χ0) is 7.23. The lowest BCUT2D eigenvalue weighted by Gasteiger charge is -2.18. The third-order valence-electron chi connectivity index (χ3n) is 2.51. The molecule has 0 heterocycles. The SMILES string of the molecule is CNC1CCCCCCC1. The van der Waals surface area contributed by atoms with E-state index in [9.17, 15) is 0 Å². The Morgan fingerprint density at radius 3 is 1.90 bits per heavy atom. The van der Waals surface area contributed by atoms with Gasteiger partial charge in [-0.3, -0.25) is 0 Å². The van der Waals surface area contributed by atoms with E-state index >= 15 is 0 Å². The van der Waals surface area contributed by atoms with Crippen molar-refractivity contribution in [2.45, 2.75) is 51.0 Å². The molecule has 1 N–H and O–H groups in total. The van der Waals surface area contributed by atoms with Crippen LogP contribution in [0.25, 0.3) is 0 Å². The molecule has 0 amide bonds. The number of hydrogen-bond donors (Lipinski definition) is 1. The van der Waals surface area contributed by atoms with E-state index in [1.165, 1.54) is 44.9 Å². The van der Waals surface area contributed by atoms with E-state index in [0.29, 0.717) is 0 Å². The molecule has 0 aromatic carbocycles. The summed E-state index contributed by atoms with van der Waals surface area (Å²) < 4.78 is 0. The normalized spacial score (nSPS) is 23.7. The maximum atomic E-state index is 3.37. The summed E-state index contributed by atoms with van der Waals surface area (Å²) in [6.07, 6.45) is 10.1. The molecule has 1 aliphatic carbocycles. The summed E-state index contributed by atoms with van der Waals surface area (Å²) in [5, 5.41) is 3.37. The molecule has 0 aliphatic heterocycles. The smallest absolute Gasteiger partial charge is 0.00640 e. The molecule has 10 heavy (non-hydrogen) atoms. The van der Waals surface area contributed by atoms with E-state index < -0.39 is 0 Å². The Balaban J connectivity index is 2.16. The van der Waals surface area contributed by atoms with Gasteiger partial charge in [0.25, 0.3) is 0 Å². The minimum absolute atomic E-state index is 0.820. The second-order valence-electron chi connectivity index (χ2n) is 3.33. The van der Waals surface area contributed by atoms with Gasteiger partial charge in [0, 0.05) is 6.04 Å². The molecule has 1 rings (SSSR count). The van der Waals surface area contributed by atoms with Gasteiger partial charge in [-0.25, -0.2) is 0 Å². The standard InChI is InChI=1S/C9H19N/c1-10-9-7-5-3-2-4-6-8-9/h9-10H,2-8H2,1H3. The van der Waals surface area contributed by atoms with Crippen molar-refractivity contribution in [2.24, 2.45) is 0 Å². The third-order valence-corrected chi connectivity index (χ3v) is 2.51. The van der Waals surface area contributed by atoms with Crippen molar-refractivity contribution in [1.82, 2.24) is 5.32 Å². The van der Waals surface area contributed by atoms with Crippen LogP contribution < -0.4 is 5.32 Å². The van der Waals surface area contributed by atoms with E-state index in [-0.39, 0.29) is 0 Å². The van der Waals surface area contributed by atoms with E-state index in [0.717, 1.165) is 6.04 Å². The van der Waals surface area contributed by atoms with Gasteiger partial charge in [-0.15, -0.1) is 0 Å². The van der Waals surface area contributed by atoms with Gasteiger partial charge in [-0.1, -0.05) is 32.1 Å². The molecule has 0 saturated heterocycles. The van der Waals surface area contributed by atoms with Crippen molar-refractivity contribution in [3.8, 4) is 0 Å². The maximum Gasteiger partial charge on any atom is 0.00640 e. The largest absolute Gasteiger partial charge is 0.317 e. The molecule has 0 atom stereocenters. The van der Waals surface area contributed by atoms with Gasteiger partial charge in [0.1, 0.15) is 0 Å². The molecule has 1 nitrogen and oxygen atoms in total. The topological polar surface area (TPSA) is 12.0 Å². The highest BCUT2D eigenvalue weighted by Gasteiger charge is 2.07. The van der Waals surface area contributed by atoms with Crippen LogP contribution in [0.4, 0.5) is 0 Å². The highest BCUT2D eigenvalue weighted by atomic mass is 14.9. The monoisotopic (exact) mass is 141 g/mol. The summed E-state index contributed by atoms with van der Waals surface area (Å²) in [4.78, 5) is 0. The lowest BCUT2D eigenvalue weighted by molar-refractivity contribution is 0.410. The second kappa shape index (κ2) is 4.73. The number of hydrogen-bond acceptors (Lipinski definition) is 1. The maximum absolute atomic E-state index is 3.37. The summed E-state index contributed by atoms with van der Waals surface area (Å²) in [6.45, 7) is 0. The molecule has 1 heteroatoms. The Kier molecular flexibility index (Phi) is 3.81. The summed E-state index contributed by atoms with van der Waals surface area (Å²) in [7, 11) is 2.09. The minimum Gasteiger partial charge on any atom is -0.317 e. The lowest BCUT2D eigenvalue weighted by atomic mass is 9.97. The molecule has 0 radical (unpaired) electrons. The first-order valence-electron chi connectivity index (χ1n) is 4.61. The van der Waals surface area contributed by atoms with Crippen LogP contribution in [0.3, 0.4) is 0 Å². The van der Waals surface area contributed by atoms with Crippen LogP contribution in [-0.2, 0) is 0 Å². The van der Waals surface area contributed by atoms with Crippen LogP contribution in [-0.4, -0.2) is 13.1 Å². The first-order valence-corrected chi connectivity index (χ1v) is 4.61. The average molecular weight is 141 g/mol. The lowest BCUT2D eigenvalue weighted by Crippen LogP contribution is -2.25. The Labute approximate surface area is 64.2 Å².